The van der Waals surface area contributed by atoms with Crippen molar-refractivity contribution in [3.05, 3.63) is 29.3 Å². The maximum atomic E-state index is 12.6. The molecule has 0 saturated heterocycles. The van der Waals surface area contributed by atoms with E-state index < -0.39 is 41.3 Å². The fourth-order valence-electron chi connectivity index (χ4n) is 1.39. The number of carbonyl (C=O) groups excluding carboxylic acids is 1. The Kier molecular flexibility index (Phi) is 4.11. The summed E-state index contributed by atoms with van der Waals surface area (Å²) in [6.45, 7) is 0. The lowest BCUT2D eigenvalue weighted by molar-refractivity contribution is -0.138. The van der Waals surface area contributed by atoms with E-state index in [1.165, 1.54) is 6.07 Å². The number of aromatic carboxylic acids is 1. The van der Waals surface area contributed by atoms with Crippen molar-refractivity contribution in [1.82, 2.24) is 0 Å². The van der Waals surface area contributed by atoms with Crippen molar-refractivity contribution in [3.8, 4) is 6.07 Å². The van der Waals surface area contributed by atoms with Crippen LogP contribution >= 0.6 is 0 Å². The molecule has 0 spiro atoms. The molecule has 1 aromatic carbocycles. The van der Waals surface area contributed by atoms with Crippen molar-refractivity contribution in [3.63, 3.8) is 0 Å². The molecule has 0 unspecified atom stereocenters. The Balaban J connectivity index is 3.30. The van der Waals surface area contributed by atoms with Crippen LogP contribution in [0.1, 0.15) is 22.3 Å². The first kappa shape index (κ1) is 14.5. The van der Waals surface area contributed by atoms with E-state index in [9.17, 15) is 22.8 Å². The first-order chi connectivity index (χ1) is 8.77. The van der Waals surface area contributed by atoms with Crippen molar-refractivity contribution in [2.24, 2.45) is 0 Å². The SMILES string of the molecule is N#CCC(=O)Nc1cccc(C(F)(F)F)c1C(=O)O. The molecule has 5 nitrogen and oxygen atoms in total. The number of anilines is 1. The summed E-state index contributed by atoms with van der Waals surface area (Å²) in [5, 5.41) is 19.1. The van der Waals surface area contributed by atoms with Gasteiger partial charge < -0.3 is 10.4 Å². The van der Waals surface area contributed by atoms with Crippen LogP contribution in [0.15, 0.2) is 18.2 Å². The highest BCUT2D eigenvalue weighted by molar-refractivity contribution is 6.02. The lowest BCUT2D eigenvalue weighted by Gasteiger charge is -2.14. The summed E-state index contributed by atoms with van der Waals surface area (Å²) in [4.78, 5) is 22.1. The third-order valence-corrected chi connectivity index (χ3v) is 2.10. The molecule has 2 N–H and O–H groups in total. The smallest absolute Gasteiger partial charge is 0.417 e. The molecule has 8 heteroatoms. The first-order valence-electron chi connectivity index (χ1n) is 4.87. The monoisotopic (exact) mass is 272 g/mol. The fraction of sp³-hybridized carbons (Fsp3) is 0.182. The van der Waals surface area contributed by atoms with Crippen molar-refractivity contribution >= 4 is 17.6 Å². The predicted octanol–water partition coefficient (Wildman–Crippen LogP) is 2.26. The number of carboxylic acids is 1. The number of amides is 1. The topological polar surface area (TPSA) is 90.2 Å². The van der Waals surface area contributed by atoms with Crippen LogP contribution in [0.3, 0.4) is 0 Å². The number of carbonyl (C=O) groups is 2. The van der Waals surface area contributed by atoms with E-state index in [0.717, 1.165) is 12.1 Å². The zero-order valence-electron chi connectivity index (χ0n) is 9.28. The van der Waals surface area contributed by atoms with Crippen LogP contribution in [0.5, 0.6) is 0 Å². The second kappa shape index (κ2) is 5.39. The number of hydrogen-bond donors (Lipinski definition) is 2. The number of carboxylic acid groups (broad SMARTS) is 1. The summed E-state index contributed by atoms with van der Waals surface area (Å²) in [7, 11) is 0. The van der Waals surface area contributed by atoms with Crippen LogP contribution in [0.25, 0.3) is 0 Å². The van der Waals surface area contributed by atoms with Gasteiger partial charge in [-0.25, -0.2) is 4.79 Å². The Bertz CT molecular complexity index is 561. The average molecular weight is 272 g/mol. The van der Waals surface area contributed by atoms with Crippen molar-refractivity contribution < 1.29 is 27.9 Å². The maximum absolute atomic E-state index is 12.6. The van der Waals surface area contributed by atoms with E-state index in [0.29, 0.717) is 6.07 Å². The Morgan fingerprint density at radius 2 is 2.00 bits per heavy atom. The number of halogens is 3. The second-order valence-electron chi connectivity index (χ2n) is 3.41. The Morgan fingerprint density at radius 1 is 1.37 bits per heavy atom. The largest absolute Gasteiger partial charge is 0.478 e. The summed E-state index contributed by atoms with van der Waals surface area (Å²) in [6, 6.07) is 4.09. The molecule has 0 aliphatic rings. The lowest BCUT2D eigenvalue weighted by atomic mass is 10.0. The molecule has 0 aromatic heterocycles. The summed E-state index contributed by atoms with van der Waals surface area (Å²) >= 11 is 0. The molecule has 0 radical (unpaired) electrons. The lowest BCUT2D eigenvalue weighted by Crippen LogP contribution is -2.18. The number of benzene rings is 1. The molecule has 0 aliphatic heterocycles. The van der Waals surface area contributed by atoms with Gasteiger partial charge in [0.1, 0.15) is 6.42 Å². The van der Waals surface area contributed by atoms with Crippen molar-refractivity contribution in [1.29, 1.82) is 5.26 Å². The number of nitriles is 1. The maximum Gasteiger partial charge on any atom is 0.417 e. The molecule has 100 valence electrons. The molecular weight excluding hydrogens is 265 g/mol. The van der Waals surface area contributed by atoms with E-state index >= 15 is 0 Å². The molecule has 0 bridgehead atoms. The van der Waals surface area contributed by atoms with Crippen LogP contribution in [0, 0.1) is 11.3 Å². The van der Waals surface area contributed by atoms with Crippen LogP contribution in [0.4, 0.5) is 18.9 Å². The van der Waals surface area contributed by atoms with Crippen LogP contribution in [0.2, 0.25) is 0 Å². The van der Waals surface area contributed by atoms with Gasteiger partial charge in [-0.15, -0.1) is 0 Å². The highest BCUT2D eigenvalue weighted by Crippen LogP contribution is 2.35. The second-order valence-corrected chi connectivity index (χ2v) is 3.41. The minimum atomic E-state index is -4.86. The molecule has 1 aromatic rings. The molecular formula is C11H7F3N2O3. The summed E-state index contributed by atoms with van der Waals surface area (Å²) < 4.78 is 37.9. The van der Waals surface area contributed by atoms with E-state index in [2.05, 4.69) is 0 Å². The Morgan fingerprint density at radius 3 is 2.47 bits per heavy atom. The van der Waals surface area contributed by atoms with Gasteiger partial charge in [0.25, 0.3) is 0 Å². The van der Waals surface area contributed by atoms with E-state index in [-0.39, 0.29) is 0 Å². The highest BCUT2D eigenvalue weighted by Gasteiger charge is 2.36. The average Bonchev–Trinajstić information content (AvgIpc) is 2.27. The molecule has 0 atom stereocenters. The normalized spacial score (nSPS) is 10.6. The molecule has 0 aliphatic carbocycles. The summed E-state index contributed by atoms with van der Waals surface area (Å²) in [5.41, 5.74) is -2.92. The van der Waals surface area contributed by atoms with Crippen molar-refractivity contribution in [2.45, 2.75) is 12.6 Å². The van der Waals surface area contributed by atoms with Gasteiger partial charge in [0.2, 0.25) is 5.91 Å². The molecule has 0 saturated carbocycles. The fourth-order valence-corrected chi connectivity index (χ4v) is 1.39. The van der Waals surface area contributed by atoms with Crippen molar-refractivity contribution in [2.75, 3.05) is 5.32 Å². The predicted molar refractivity (Wildman–Crippen MR) is 57.3 cm³/mol. The number of rotatable bonds is 3. The van der Waals surface area contributed by atoms with Gasteiger partial charge in [0.05, 0.1) is 22.9 Å². The quantitative estimate of drug-likeness (QED) is 0.883. The van der Waals surface area contributed by atoms with Crippen LogP contribution in [-0.2, 0) is 11.0 Å². The summed E-state index contributed by atoms with van der Waals surface area (Å²) in [6.07, 6.45) is -5.45. The molecule has 19 heavy (non-hydrogen) atoms. The minimum absolute atomic E-state index is 0.498. The van der Waals surface area contributed by atoms with Gasteiger partial charge in [-0.05, 0) is 12.1 Å². The Labute approximate surface area is 105 Å². The third-order valence-electron chi connectivity index (χ3n) is 2.10. The van der Waals surface area contributed by atoms with E-state index in [4.69, 9.17) is 10.4 Å². The summed E-state index contributed by atoms with van der Waals surface area (Å²) in [5.74, 6) is -2.70. The number of nitrogens with zero attached hydrogens (tertiary/aromatic N) is 1. The van der Waals surface area contributed by atoms with Gasteiger partial charge in [0, 0.05) is 0 Å². The minimum Gasteiger partial charge on any atom is -0.478 e. The zero-order valence-corrected chi connectivity index (χ0v) is 9.28. The zero-order chi connectivity index (χ0) is 14.6. The number of alkyl halides is 3. The molecule has 0 heterocycles. The Hall–Kier alpha value is -2.56. The van der Waals surface area contributed by atoms with Gasteiger partial charge in [-0.2, -0.15) is 18.4 Å². The van der Waals surface area contributed by atoms with Crippen LogP contribution < -0.4 is 5.32 Å². The standard InChI is InChI=1S/C11H7F3N2O3/c12-11(13,14)6-2-1-3-7(9(6)10(18)19)16-8(17)4-5-15/h1-3H,4H2,(H,16,17)(H,18,19). The van der Waals surface area contributed by atoms with E-state index in [1.54, 1.807) is 0 Å². The van der Waals surface area contributed by atoms with Gasteiger partial charge in [-0.3, -0.25) is 4.79 Å². The molecule has 1 rings (SSSR count). The van der Waals surface area contributed by atoms with Gasteiger partial charge in [-0.1, -0.05) is 6.07 Å². The van der Waals surface area contributed by atoms with Crippen LogP contribution in [-0.4, -0.2) is 17.0 Å². The number of hydrogen-bond acceptors (Lipinski definition) is 3. The number of nitrogens with one attached hydrogen (secondary N) is 1. The van der Waals surface area contributed by atoms with Gasteiger partial charge >= 0.3 is 12.1 Å². The van der Waals surface area contributed by atoms with Gasteiger partial charge in [0.15, 0.2) is 0 Å². The first-order valence-corrected chi connectivity index (χ1v) is 4.87. The highest BCUT2D eigenvalue weighted by atomic mass is 19.4. The third kappa shape index (κ3) is 3.45. The van der Waals surface area contributed by atoms with E-state index in [1.807, 2.05) is 5.32 Å². The molecule has 0 fully saturated rings. The molecule has 1 amide bonds.